The van der Waals surface area contributed by atoms with Gasteiger partial charge in [-0.1, -0.05) is 6.92 Å². The first-order valence-corrected chi connectivity index (χ1v) is 8.40. The largest absolute Gasteiger partial charge is 0.497 e. The van der Waals surface area contributed by atoms with Crippen LogP contribution in [0.1, 0.15) is 30.6 Å². The minimum absolute atomic E-state index is 0.00000328. The minimum atomic E-state index is -0.422. The summed E-state index contributed by atoms with van der Waals surface area (Å²) >= 11 is 0. The number of benzene rings is 1. The number of piperazine rings is 1. The summed E-state index contributed by atoms with van der Waals surface area (Å²) in [5.41, 5.74) is 0.634. The van der Waals surface area contributed by atoms with Crippen LogP contribution in [0.15, 0.2) is 24.3 Å². The number of carbonyl (C=O) groups is 2. The van der Waals surface area contributed by atoms with E-state index in [4.69, 9.17) is 9.47 Å². The van der Waals surface area contributed by atoms with Crippen LogP contribution >= 0.6 is 0 Å². The third kappa shape index (κ3) is 4.47. The fourth-order valence-corrected chi connectivity index (χ4v) is 2.67. The SMILES string of the molecule is CCCOC(C)C(=O)N1CCN(C(=O)c2ccc(OC)cc2)CC1. The smallest absolute Gasteiger partial charge is 0.253 e. The number of hydrogen-bond donors (Lipinski definition) is 0. The number of nitrogens with zero attached hydrogens (tertiary/aromatic N) is 2. The summed E-state index contributed by atoms with van der Waals surface area (Å²) in [6.45, 7) is 6.55. The quantitative estimate of drug-likeness (QED) is 0.796. The third-order valence-electron chi connectivity index (χ3n) is 4.14. The molecule has 1 heterocycles. The van der Waals surface area contributed by atoms with Crippen LogP contribution in [-0.2, 0) is 9.53 Å². The molecule has 1 aliphatic rings. The van der Waals surface area contributed by atoms with Gasteiger partial charge in [-0.25, -0.2) is 0 Å². The normalized spacial score (nSPS) is 16.0. The van der Waals surface area contributed by atoms with Gasteiger partial charge in [0.1, 0.15) is 11.9 Å². The maximum Gasteiger partial charge on any atom is 0.253 e. The lowest BCUT2D eigenvalue weighted by molar-refractivity contribution is -0.144. The average Bonchev–Trinajstić information content (AvgIpc) is 2.65. The zero-order valence-electron chi connectivity index (χ0n) is 14.7. The molecule has 2 amide bonds. The van der Waals surface area contributed by atoms with E-state index in [1.54, 1.807) is 48.1 Å². The number of ether oxygens (including phenoxy) is 2. The van der Waals surface area contributed by atoms with Crippen LogP contribution in [0, 0.1) is 0 Å². The topological polar surface area (TPSA) is 59.1 Å². The molecule has 0 saturated carbocycles. The molecule has 24 heavy (non-hydrogen) atoms. The summed E-state index contributed by atoms with van der Waals surface area (Å²) in [5.74, 6) is 0.711. The molecule has 0 aliphatic carbocycles. The van der Waals surface area contributed by atoms with Crippen LogP contribution < -0.4 is 4.74 Å². The van der Waals surface area contributed by atoms with Crippen molar-refractivity contribution in [2.45, 2.75) is 26.4 Å². The molecule has 132 valence electrons. The lowest BCUT2D eigenvalue weighted by atomic mass is 10.1. The molecule has 6 heteroatoms. The summed E-state index contributed by atoms with van der Waals surface area (Å²) < 4.78 is 10.6. The Kier molecular flexibility index (Phi) is 6.61. The van der Waals surface area contributed by atoms with Crippen molar-refractivity contribution in [2.75, 3.05) is 39.9 Å². The van der Waals surface area contributed by atoms with Gasteiger partial charge in [0.2, 0.25) is 0 Å². The fourth-order valence-electron chi connectivity index (χ4n) is 2.67. The van der Waals surface area contributed by atoms with Gasteiger partial charge in [0.15, 0.2) is 0 Å². The summed E-state index contributed by atoms with van der Waals surface area (Å²) in [7, 11) is 1.60. The zero-order valence-corrected chi connectivity index (χ0v) is 14.7. The van der Waals surface area contributed by atoms with Gasteiger partial charge in [0.25, 0.3) is 11.8 Å². The molecule has 0 bridgehead atoms. The van der Waals surface area contributed by atoms with E-state index in [0.29, 0.717) is 38.3 Å². The highest BCUT2D eigenvalue weighted by molar-refractivity contribution is 5.94. The van der Waals surface area contributed by atoms with Gasteiger partial charge >= 0.3 is 0 Å². The lowest BCUT2D eigenvalue weighted by Crippen LogP contribution is -2.52. The van der Waals surface area contributed by atoms with Crippen molar-refractivity contribution >= 4 is 11.8 Å². The third-order valence-corrected chi connectivity index (χ3v) is 4.14. The Bertz CT molecular complexity index is 551. The summed E-state index contributed by atoms with van der Waals surface area (Å²) in [6.07, 6.45) is 0.468. The summed E-state index contributed by atoms with van der Waals surface area (Å²) in [6, 6.07) is 7.08. The van der Waals surface area contributed by atoms with E-state index in [0.717, 1.165) is 12.2 Å². The first-order chi connectivity index (χ1) is 11.6. The monoisotopic (exact) mass is 334 g/mol. The number of methoxy groups -OCH3 is 1. The number of carbonyl (C=O) groups excluding carboxylic acids is 2. The molecule has 1 aromatic carbocycles. The van der Waals surface area contributed by atoms with E-state index in [-0.39, 0.29) is 11.8 Å². The standard InChI is InChI=1S/C18H26N2O4/c1-4-13-24-14(2)17(21)19-9-11-20(12-10-19)18(22)15-5-7-16(23-3)8-6-15/h5-8,14H,4,9-13H2,1-3H3. The van der Waals surface area contributed by atoms with Crippen LogP contribution in [0.4, 0.5) is 0 Å². The van der Waals surface area contributed by atoms with E-state index in [9.17, 15) is 9.59 Å². The van der Waals surface area contributed by atoms with Gasteiger partial charge in [-0.2, -0.15) is 0 Å². The molecular weight excluding hydrogens is 308 g/mol. The van der Waals surface area contributed by atoms with Crippen molar-refractivity contribution in [3.63, 3.8) is 0 Å². The predicted octanol–water partition coefficient (Wildman–Crippen LogP) is 1.79. The van der Waals surface area contributed by atoms with E-state index in [1.165, 1.54) is 0 Å². The number of amides is 2. The minimum Gasteiger partial charge on any atom is -0.497 e. The molecule has 0 aromatic heterocycles. The van der Waals surface area contributed by atoms with Crippen LogP contribution in [0.25, 0.3) is 0 Å². The molecule has 2 rings (SSSR count). The molecule has 1 atom stereocenters. The Labute approximate surface area is 143 Å². The van der Waals surface area contributed by atoms with Crippen LogP contribution in [0.3, 0.4) is 0 Å². The van der Waals surface area contributed by atoms with Crippen molar-refractivity contribution in [1.29, 1.82) is 0 Å². The van der Waals surface area contributed by atoms with Crippen LogP contribution in [0.5, 0.6) is 5.75 Å². The van der Waals surface area contributed by atoms with Gasteiger partial charge in [-0.05, 0) is 37.6 Å². The molecule has 1 saturated heterocycles. The summed E-state index contributed by atoms with van der Waals surface area (Å²) in [5, 5.41) is 0. The van der Waals surface area contributed by atoms with Gasteiger partial charge in [0, 0.05) is 38.3 Å². The van der Waals surface area contributed by atoms with Crippen molar-refractivity contribution in [2.24, 2.45) is 0 Å². The second-order valence-corrected chi connectivity index (χ2v) is 5.86. The summed E-state index contributed by atoms with van der Waals surface area (Å²) in [4.78, 5) is 28.4. The number of rotatable bonds is 6. The Morgan fingerprint density at radius 2 is 1.67 bits per heavy atom. The van der Waals surface area contributed by atoms with E-state index in [2.05, 4.69) is 0 Å². The maximum atomic E-state index is 12.5. The second-order valence-electron chi connectivity index (χ2n) is 5.86. The Morgan fingerprint density at radius 3 is 2.21 bits per heavy atom. The van der Waals surface area contributed by atoms with Crippen molar-refractivity contribution in [3.8, 4) is 5.75 Å². The number of hydrogen-bond acceptors (Lipinski definition) is 4. The van der Waals surface area contributed by atoms with E-state index in [1.807, 2.05) is 6.92 Å². The molecule has 0 spiro atoms. The molecule has 1 unspecified atom stereocenters. The van der Waals surface area contributed by atoms with E-state index >= 15 is 0 Å². The van der Waals surface area contributed by atoms with Gasteiger partial charge in [-0.15, -0.1) is 0 Å². The molecule has 1 aliphatic heterocycles. The van der Waals surface area contributed by atoms with E-state index < -0.39 is 6.10 Å². The van der Waals surface area contributed by atoms with Crippen LogP contribution in [-0.4, -0.2) is 67.6 Å². The van der Waals surface area contributed by atoms with Crippen molar-refractivity contribution in [1.82, 2.24) is 9.80 Å². The average molecular weight is 334 g/mol. The highest BCUT2D eigenvalue weighted by atomic mass is 16.5. The maximum absolute atomic E-state index is 12.5. The van der Waals surface area contributed by atoms with Gasteiger partial charge in [-0.3, -0.25) is 9.59 Å². The highest BCUT2D eigenvalue weighted by Gasteiger charge is 2.27. The molecule has 0 N–H and O–H groups in total. The Balaban J connectivity index is 1.87. The second kappa shape index (κ2) is 8.68. The Hall–Kier alpha value is -2.08. The molecule has 6 nitrogen and oxygen atoms in total. The molecule has 1 aromatic rings. The van der Waals surface area contributed by atoms with Gasteiger partial charge in [0.05, 0.1) is 7.11 Å². The molecular formula is C18H26N2O4. The van der Waals surface area contributed by atoms with Crippen molar-refractivity contribution < 1.29 is 19.1 Å². The lowest BCUT2D eigenvalue weighted by Gasteiger charge is -2.36. The fraction of sp³-hybridized carbons (Fsp3) is 0.556. The first-order valence-electron chi connectivity index (χ1n) is 8.40. The van der Waals surface area contributed by atoms with Gasteiger partial charge < -0.3 is 19.3 Å². The molecule has 1 fully saturated rings. The highest BCUT2D eigenvalue weighted by Crippen LogP contribution is 2.15. The molecule has 0 radical (unpaired) electrons. The van der Waals surface area contributed by atoms with Crippen LogP contribution in [0.2, 0.25) is 0 Å². The predicted molar refractivity (Wildman–Crippen MR) is 91.2 cm³/mol. The zero-order chi connectivity index (χ0) is 17.5. The first kappa shape index (κ1) is 18.3. The van der Waals surface area contributed by atoms with Crippen molar-refractivity contribution in [3.05, 3.63) is 29.8 Å². The Morgan fingerprint density at radius 1 is 1.08 bits per heavy atom.